The lowest BCUT2D eigenvalue weighted by Crippen LogP contribution is -2.02. The van der Waals surface area contributed by atoms with Crippen LogP contribution in [0.25, 0.3) is 22.3 Å². The van der Waals surface area contributed by atoms with Gasteiger partial charge in [-0.05, 0) is 52.8 Å². The highest BCUT2D eigenvalue weighted by Crippen LogP contribution is 2.35. The summed E-state index contributed by atoms with van der Waals surface area (Å²) in [5.41, 5.74) is 5.29. The largest absolute Gasteiger partial charge is 0.435 e. The van der Waals surface area contributed by atoms with Crippen LogP contribution in [0, 0.1) is 0 Å². The molecule has 3 heteroatoms. The second-order valence-corrected chi connectivity index (χ2v) is 8.02. The molecule has 0 N–H and O–H groups in total. The van der Waals surface area contributed by atoms with E-state index >= 15 is 0 Å². The van der Waals surface area contributed by atoms with Crippen molar-refractivity contribution in [2.75, 3.05) is 0 Å². The fourth-order valence-electron chi connectivity index (χ4n) is 3.95. The fourth-order valence-corrected chi connectivity index (χ4v) is 3.95. The number of hydrogen-bond acceptors (Lipinski definition) is 1. The van der Waals surface area contributed by atoms with Gasteiger partial charge in [0.05, 0.1) is 0 Å². The Balaban J connectivity index is 1.70. The Hall–Kier alpha value is -2.68. The Morgan fingerprint density at radius 1 is 0.677 bits per heavy atom. The van der Waals surface area contributed by atoms with Crippen LogP contribution in [0.2, 0.25) is 0 Å². The standard InChI is InChI=1S/C28H32F2O/c1-2-3-4-5-6-7-9-12-22-15-17-24(18-16-22)26-20-19-25(31-28(29)30)21-27(26)23-13-10-8-11-14-23/h8,10-11,13-21,28H,2-7,9,12H2,1H3. The smallest absolute Gasteiger partial charge is 0.387 e. The lowest BCUT2D eigenvalue weighted by atomic mass is 9.93. The van der Waals surface area contributed by atoms with Crippen LogP contribution in [0.3, 0.4) is 0 Å². The van der Waals surface area contributed by atoms with Crippen molar-refractivity contribution < 1.29 is 13.5 Å². The van der Waals surface area contributed by atoms with Crippen molar-refractivity contribution in [3.05, 3.63) is 78.4 Å². The Bertz CT molecular complexity index is 904. The minimum absolute atomic E-state index is 0.174. The van der Waals surface area contributed by atoms with Gasteiger partial charge in [-0.1, -0.05) is 106 Å². The normalized spacial score (nSPS) is 11.1. The average Bonchev–Trinajstić information content (AvgIpc) is 2.79. The summed E-state index contributed by atoms with van der Waals surface area (Å²) in [5, 5.41) is 0. The summed E-state index contributed by atoms with van der Waals surface area (Å²) in [6.07, 6.45) is 10.3. The average molecular weight is 423 g/mol. The van der Waals surface area contributed by atoms with E-state index in [0.717, 1.165) is 28.7 Å². The van der Waals surface area contributed by atoms with Crippen molar-refractivity contribution in [2.45, 2.75) is 64.9 Å². The third-order valence-electron chi connectivity index (χ3n) is 5.63. The summed E-state index contributed by atoms with van der Waals surface area (Å²) in [4.78, 5) is 0. The predicted molar refractivity (Wildman–Crippen MR) is 126 cm³/mol. The van der Waals surface area contributed by atoms with Gasteiger partial charge in [0.15, 0.2) is 0 Å². The molecule has 164 valence electrons. The van der Waals surface area contributed by atoms with Gasteiger partial charge in [-0.3, -0.25) is 0 Å². The van der Waals surface area contributed by atoms with Crippen LogP contribution in [-0.4, -0.2) is 6.61 Å². The van der Waals surface area contributed by atoms with Crippen molar-refractivity contribution in [1.82, 2.24) is 0 Å². The topological polar surface area (TPSA) is 9.23 Å². The molecule has 0 atom stereocenters. The molecular weight excluding hydrogens is 390 g/mol. The van der Waals surface area contributed by atoms with E-state index in [1.165, 1.54) is 50.5 Å². The van der Waals surface area contributed by atoms with E-state index in [1.807, 2.05) is 36.4 Å². The first-order valence-corrected chi connectivity index (χ1v) is 11.4. The second-order valence-electron chi connectivity index (χ2n) is 8.02. The van der Waals surface area contributed by atoms with Crippen LogP contribution >= 0.6 is 0 Å². The third kappa shape index (κ3) is 7.20. The van der Waals surface area contributed by atoms with Gasteiger partial charge >= 0.3 is 6.61 Å². The maximum atomic E-state index is 12.7. The molecule has 0 radical (unpaired) electrons. The quantitative estimate of drug-likeness (QED) is 0.265. The van der Waals surface area contributed by atoms with Gasteiger partial charge in [-0.25, -0.2) is 0 Å². The highest BCUT2D eigenvalue weighted by atomic mass is 19.3. The van der Waals surface area contributed by atoms with Crippen LogP contribution in [-0.2, 0) is 6.42 Å². The SMILES string of the molecule is CCCCCCCCCc1ccc(-c2ccc(OC(F)F)cc2-c2ccccc2)cc1. The lowest BCUT2D eigenvalue weighted by Gasteiger charge is -2.14. The number of unbranched alkanes of at least 4 members (excludes halogenated alkanes) is 6. The van der Waals surface area contributed by atoms with E-state index in [4.69, 9.17) is 0 Å². The van der Waals surface area contributed by atoms with Crippen LogP contribution in [0.15, 0.2) is 72.8 Å². The molecule has 3 rings (SSSR count). The number of hydrogen-bond donors (Lipinski definition) is 0. The monoisotopic (exact) mass is 422 g/mol. The number of rotatable bonds is 12. The molecule has 0 aliphatic rings. The van der Waals surface area contributed by atoms with Gasteiger partial charge in [-0.2, -0.15) is 8.78 Å². The first-order chi connectivity index (χ1) is 15.2. The Morgan fingerprint density at radius 3 is 2.00 bits per heavy atom. The zero-order valence-corrected chi connectivity index (χ0v) is 18.3. The van der Waals surface area contributed by atoms with Crippen molar-refractivity contribution in [3.63, 3.8) is 0 Å². The molecule has 0 bridgehead atoms. The predicted octanol–water partition coefficient (Wildman–Crippen LogP) is 8.92. The molecule has 0 fully saturated rings. The summed E-state index contributed by atoms with van der Waals surface area (Å²) in [7, 11) is 0. The Labute approximate surface area is 185 Å². The number of aryl methyl sites for hydroxylation is 1. The van der Waals surface area contributed by atoms with E-state index in [1.54, 1.807) is 12.1 Å². The van der Waals surface area contributed by atoms with Gasteiger partial charge in [0, 0.05) is 0 Å². The van der Waals surface area contributed by atoms with Crippen LogP contribution in [0.5, 0.6) is 5.75 Å². The molecule has 0 unspecified atom stereocenters. The first-order valence-electron chi connectivity index (χ1n) is 11.4. The summed E-state index contributed by atoms with van der Waals surface area (Å²) in [6, 6.07) is 23.6. The molecule has 0 amide bonds. The number of benzene rings is 3. The van der Waals surface area contributed by atoms with E-state index in [0.29, 0.717) is 0 Å². The first kappa shape index (κ1) is 23.0. The Morgan fingerprint density at radius 2 is 1.32 bits per heavy atom. The van der Waals surface area contributed by atoms with E-state index in [9.17, 15) is 8.78 Å². The van der Waals surface area contributed by atoms with E-state index < -0.39 is 6.61 Å². The number of ether oxygens (including phenoxy) is 1. The van der Waals surface area contributed by atoms with Crippen molar-refractivity contribution in [2.24, 2.45) is 0 Å². The van der Waals surface area contributed by atoms with Crippen molar-refractivity contribution >= 4 is 0 Å². The maximum absolute atomic E-state index is 12.7. The van der Waals surface area contributed by atoms with E-state index in [-0.39, 0.29) is 5.75 Å². The third-order valence-corrected chi connectivity index (χ3v) is 5.63. The van der Waals surface area contributed by atoms with Crippen LogP contribution in [0.4, 0.5) is 8.78 Å². The number of alkyl halides is 2. The fraction of sp³-hybridized carbons (Fsp3) is 0.357. The highest BCUT2D eigenvalue weighted by molar-refractivity contribution is 5.84. The Kier molecular flexibility index (Phi) is 9.08. The molecule has 3 aromatic carbocycles. The minimum Gasteiger partial charge on any atom is -0.435 e. The molecule has 31 heavy (non-hydrogen) atoms. The zero-order chi connectivity index (χ0) is 21.9. The molecular formula is C28H32F2O. The van der Waals surface area contributed by atoms with Crippen LogP contribution in [0.1, 0.15) is 57.4 Å². The van der Waals surface area contributed by atoms with Gasteiger partial charge in [0.25, 0.3) is 0 Å². The summed E-state index contributed by atoms with van der Waals surface area (Å²) in [6.45, 7) is -0.585. The summed E-state index contributed by atoms with van der Waals surface area (Å²) in [5.74, 6) is 0.174. The zero-order valence-electron chi connectivity index (χ0n) is 18.3. The van der Waals surface area contributed by atoms with Gasteiger partial charge in [0.2, 0.25) is 0 Å². The van der Waals surface area contributed by atoms with Gasteiger partial charge in [0.1, 0.15) is 5.75 Å². The molecule has 0 saturated carbocycles. The number of halogens is 2. The van der Waals surface area contributed by atoms with Crippen molar-refractivity contribution in [1.29, 1.82) is 0 Å². The van der Waals surface area contributed by atoms with Gasteiger partial charge < -0.3 is 4.74 Å². The highest BCUT2D eigenvalue weighted by Gasteiger charge is 2.12. The van der Waals surface area contributed by atoms with Gasteiger partial charge in [-0.15, -0.1) is 0 Å². The van der Waals surface area contributed by atoms with Crippen molar-refractivity contribution in [3.8, 4) is 28.0 Å². The molecule has 0 aromatic heterocycles. The minimum atomic E-state index is -2.83. The molecule has 0 spiro atoms. The van der Waals surface area contributed by atoms with Crippen LogP contribution < -0.4 is 4.74 Å². The summed E-state index contributed by atoms with van der Waals surface area (Å²) < 4.78 is 30.0. The molecule has 0 saturated heterocycles. The molecule has 0 heterocycles. The molecule has 1 nitrogen and oxygen atoms in total. The molecule has 3 aromatic rings. The second kappa shape index (κ2) is 12.2. The summed E-state index contributed by atoms with van der Waals surface area (Å²) >= 11 is 0. The molecule has 0 aliphatic heterocycles. The van der Waals surface area contributed by atoms with E-state index in [2.05, 4.69) is 35.9 Å². The lowest BCUT2D eigenvalue weighted by molar-refractivity contribution is -0.0498. The molecule has 0 aliphatic carbocycles. The maximum Gasteiger partial charge on any atom is 0.387 e.